The van der Waals surface area contributed by atoms with E-state index in [9.17, 15) is 4.39 Å². The average molecular weight is 266 g/mol. The molecule has 2 aromatic heterocycles. The molecule has 20 heavy (non-hydrogen) atoms. The highest BCUT2D eigenvalue weighted by Gasteiger charge is 2.11. The van der Waals surface area contributed by atoms with E-state index in [4.69, 9.17) is 4.42 Å². The lowest BCUT2D eigenvalue weighted by molar-refractivity contribution is 0.626. The van der Waals surface area contributed by atoms with Crippen LogP contribution >= 0.6 is 0 Å². The van der Waals surface area contributed by atoms with Gasteiger partial charge in [-0.2, -0.15) is 0 Å². The molecule has 0 aliphatic rings. The molecule has 0 radical (unpaired) electrons. The van der Waals surface area contributed by atoms with Gasteiger partial charge in [-0.15, -0.1) is 0 Å². The predicted molar refractivity (Wildman–Crippen MR) is 76.0 cm³/mol. The zero-order valence-electron chi connectivity index (χ0n) is 10.8. The SMILES string of the molecule is Cc1ccc2oc(-c3nc4ccc(F)cc4[nH]3)cc2c1. The average Bonchev–Trinajstić information content (AvgIpc) is 3.00. The van der Waals surface area contributed by atoms with Gasteiger partial charge in [0.15, 0.2) is 11.6 Å². The molecule has 0 aliphatic heterocycles. The quantitative estimate of drug-likeness (QED) is 0.554. The van der Waals surface area contributed by atoms with Crippen LogP contribution in [0.1, 0.15) is 5.56 Å². The van der Waals surface area contributed by atoms with Crippen LogP contribution in [0.5, 0.6) is 0 Å². The first-order chi connectivity index (χ1) is 9.69. The number of hydrogen-bond acceptors (Lipinski definition) is 2. The number of aromatic amines is 1. The molecule has 0 saturated heterocycles. The van der Waals surface area contributed by atoms with Crippen molar-refractivity contribution in [1.29, 1.82) is 0 Å². The highest BCUT2D eigenvalue weighted by atomic mass is 19.1. The highest BCUT2D eigenvalue weighted by Crippen LogP contribution is 2.28. The molecular weight excluding hydrogens is 255 g/mol. The first-order valence-corrected chi connectivity index (χ1v) is 6.35. The molecule has 4 rings (SSSR count). The molecule has 0 unspecified atom stereocenters. The predicted octanol–water partition coefficient (Wildman–Crippen LogP) is 4.42. The first-order valence-electron chi connectivity index (χ1n) is 6.35. The maximum absolute atomic E-state index is 13.2. The van der Waals surface area contributed by atoms with Crippen LogP contribution in [0.2, 0.25) is 0 Å². The minimum absolute atomic E-state index is 0.284. The summed E-state index contributed by atoms with van der Waals surface area (Å²) in [6, 6.07) is 12.4. The van der Waals surface area contributed by atoms with Gasteiger partial charge in [0.05, 0.1) is 11.0 Å². The van der Waals surface area contributed by atoms with Crippen molar-refractivity contribution in [2.24, 2.45) is 0 Å². The number of aryl methyl sites for hydroxylation is 1. The zero-order valence-corrected chi connectivity index (χ0v) is 10.8. The van der Waals surface area contributed by atoms with Crippen LogP contribution in [0.25, 0.3) is 33.6 Å². The summed E-state index contributed by atoms with van der Waals surface area (Å²) in [7, 11) is 0. The molecule has 2 heterocycles. The van der Waals surface area contributed by atoms with Crippen molar-refractivity contribution >= 4 is 22.0 Å². The van der Waals surface area contributed by atoms with Crippen LogP contribution in [0.15, 0.2) is 46.9 Å². The summed E-state index contributed by atoms with van der Waals surface area (Å²) in [6.45, 7) is 2.04. The van der Waals surface area contributed by atoms with Gasteiger partial charge in [-0.1, -0.05) is 11.6 Å². The van der Waals surface area contributed by atoms with Crippen LogP contribution < -0.4 is 0 Å². The van der Waals surface area contributed by atoms with E-state index < -0.39 is 0 Å². The lowest BCUT2D eigenvalue weighted by Crippen LogP contribution is -1.74. The van der Waals surface area contributed by atoms with Gasteiger partial charge < -0.3 is 9.40 Å². The largest absolute Gasteiger partial charge is 0.453 e. The summed E-state index contributed by atoms with van der Waals surface area (Å²) in [6.07, 6.45) is 0. The fourth-order valence-electron chi connectivity index (χ4n) is 2.38. The number of nitrogens with one attached hydrogen (secondary N) is 1. The summed E-state index contributed by atoms with van der Waals surface area (Å²) in [5.41, 5.74) is 3.38. The van der Waals surface area contributed by atoms with Gasteiger partial charge in [-0.05, 0) is 43.3 Å². The van der Waals surface area contributed by atoms with Crippen LogP contribution in [0, 0.1) is 12.7 Å². The van der Waals surface area contributed by atoms with Crippen LogP contribution in [-0.4, -0.2) is 9.97 Å². The third kappa shape index (κ3) is 1.69. The number of furan rings is 1. The number of H-pyrrole nitrogens is 1. The smallest absolute Gasteiger partial charge is 0.174 e. The molecular formula is C16H11FN2O. The van der Waals surface area contributed by atoms with Crippen LogP contribution in [0.3, 0.4) is 0 Å². The summed E-state index contributed by atoms with van der Waals surface area (Å²) in [5, 5.41) is 1.03. The summed E-state index contributed by atoms with van der Waals surface area (Å²) in [4.78, 5) is 7.51. The van der Waals surface area contributed by atoms with Crippen molar-refractivity contribution in [2.75, 3.05) is 0 Å². The Morgan fingerprint density at radius 2 is 2.00 bits per heavy atom. The van der Waals surface area contributed by atoms with Crippen molar-refractivity contribution < 1.29 is 8.81 Å². The van der Waals surface area contributed by atoms with Gasteiger partial charge in [-0.25, -0.2) is 9.37 Å². The Morgan fingerprint density at radius 1 is 1.10 bits per heavy atom. The molecule has 3 nitrogen and oxygen atoms in total. The van der Waals surface area contributed by atoms with Crippen LogP contribution in [-0.2, 0) is 0 Å². The van der Waals surface area contributed by atoms with Crippen molar-refractivity contribution in [3.05, 3.63) is 53.8 Å². The van der Waals surface area contributed by atoms with E-state index in [1.165, 1.54) is 17.7 Å². The van der Waals surface area contributed by atoms with Gasteiger partial charge in [0.2, 0.25) is 0 Å². The normalized spacial score (nSPS) is 11.5. The molecule has 1 N–H and O–H groups in total. The molecule has 2 aromatic carbocycles. The van der Waals surface area contributed by atoms with Gasteiger partial charge in [-0.3, -0.25) is 0 Å². The van der Waals surface area contributed by atoms with E-state index in [-0.39, 0.29) is 5.82 Å². The number of rotatable bonds is 1. The third-order valence-corrected chi connectivity index (χ3v) is 3.35. The molecule has 0 aliphatic carbocycles. The zero-order chi connectivity index (χ0) is 13.7. The lowest BCUT2D eigenvalue weighted by atomic mass is 10.2. The maximum atomic E-state index is 13.2. The number of nitrogens with zero attached hydrogens (tertiary/aromatic N) is 1. The topological polar surface area (TPSA) is 41.8 Å². The second kappa shape index (κ2) is 3.93. The Hall–Kier alpha value is -2.62. The fourth-order valence-corrected chi connectivity index (χ4v) is 2.38. The Kier molecular flexibility index (Phi) is 2.21. The summed E-state index contributed by atoms with van der Waals surface area (Å²) in [5.74, 6) is 0.981. The second-order valence-electron chi connectivity index (χ2n) is 4.90. The number of benzene rings is 2. The Morgan fingerprint density at radius 3 is 2.90 bits per heavy atom. The van der Waals surface area contributed by atoms with E-state index in [1.807, 2.05) is 25.1 Å². The highest BCUT2D eigenvalue weighted by molar-refractivity contribution is 5.84. The molecule has 0 atom stereocenters. The third-order valence-electron chi connectivity index (χ3n) is 3.35. The Labute approximate surface area is 114 Å². The van der Waals surface area contributed by atoms with E-state index in [0.29, 0.717) is 17.1 Å². The molecule has 0 bridgehead atoms. The fraction of sp³-hybridized carbons (Fsp3) is 0.0625. The second-order valence-corrected chi connectivity index (χ2v) is 4.90. The number of fused-ring (bicyclic) bond motifs is 2. The minimum atomic E-state index is -0.284. The van der Waals surface area contributed by atoms with Gasteiger partial charge in [0.1, 0.15) is 11.4 Å². The molecule has 0 fully saturated rings. The lowest BCUT2D eigenvalue weighted by Gasteiger charge is -1.89. The van der Waals surface area contributed by atoms with Gasteiger partial charge in [0.25, 0.3) is 0 Å². The first kappa shape index (κ1) is 11.2. The Bertz CT molecular complexity index is 858. The number of imidazole rings is 1. The molecule has 4 heteroatoms. The van der Waals surface area contributed by atoms with E-state index in [0.717, 1.165) is 16.5 Å². The Balaban J connectivity index is 1.91. The van der Waals surface area contributed by atoms with E-state index >= 15 is 0 Å². The molecule has 98 valence electrons. The van der Waals surface area contributed by atoms with Crippen molar-refractivity contribution in [3.63, 3.8) is 0 Å². The summed E-state index contributed by atoms with van der Waals surface area (Å²) < 4.78 is 19.0. The minimum Gasteiger partial charge on any atom is -0.453 e. The van der Waals surface area contributed by atoms with Crippen LogP contribution in [0.4, 0.5) is 4.39 Å². The standard InChI is InChI=1S/C16H11FN2O/c1-9-2-5-14-10(6-9)7-15(20-14)16-18-12-4-3-11(17)8-13(12)19-16/h2-8H,1H3,(H,18,19). The molecule has 0 amide bonds. The number of aromatic nitrogens is 2. The van der Waals surface area contributed by atoms with E-state index in [1.54, 1.807) is 6.07 Å². The molecule has 4 aromatic rings. The number of halogens is 1. The van der Waals surface area contributed by atoms with Crippen molar-refractivity contribution in [3.8, 4) is 11.6 Å². The molecule has 0 spiro atoms. The van der Waals surface area contributed by atoms with Gasteiger partial charge >= 0.3 is 0 Å². The monoisotopic (exact) mass is 266 g/mol. The maximum Gasteiger partial charge on any atom is 0.174 e. The van der Waals surface area contributed by atoms with Crippen molar-refractivity contribution in [1.82, 2.24) is 9.97 Å². The van der Waals surface area contributed by atoms with E-state index in [2.05, 4.69) is 16.0 Å². The van der Waals surface area contributed by atoms with Crippen molar-refractivity contribution in [2.45, 2.75) is 6.92 Å². The van der Waals surface area contributed by atoms with Gasteiger partial charge in [0, 0.05) is 5.39 Å². The summed E-state index contributed by atoms with van der Waals surface area (Å²) >= 11 is 0. The number of hydrogen-bond donors (Lipinski definition) is 1. The molecule has 0 saturated carbocycles.